The number of fused-ring (bicyclic) bond motifs is 1. The average Bonchev–Trinajstić information content (AvgIpc) is 3.16. The third-order valence-corrected chi connectivity index (χ3v) is 6.51. The van der Waals surface area contributed by atoms with Crippen molar-refractivity contribution in [3.8, 4) is 0 Å². The number of rotatable bonds is 7. The van der Waals surface area contributed by atoms with Crippen molar-refractivity contribution in [1.82, 2.24) is 19.5 Å². The monoisotopic (exact) mass is 505 g/mol. The molecular weight excluding hydrogens is 483 g/mol. The molecule has 0 saturated carbocycles. The van der Waals surface area contributed by atoms with E-state index in [1.54, 1.807) is 18.2 Å². The third kappa shape index (κ3) is 5.29. The molecule has 0 aliphatic rings. The van der Waals surface area contributed by atoms with Crippen LogP contribution in [0.1, 0.15) is 11.1 Å². The summed E-state index contributed by atoms with van der Waals surface area (Å²) < 4.78 is 67.7. The summed E-state index contributed by atoms with van der Waals surface area (Å²) >= 11 is 0. The smallest absolute Gasteiger partial charge is 0.365 e. The first-order valence-corrected chi connectivity index (χ1v) is 12.2. The highest BCUT2D eigenvalue weighted by atomic mass is 32.2. The van der Waals surface area contributed by atoms with Crippen LogP contribution < -0.4 is 14.9 Å². The quantitative estimate of drug-likeness (QED) is 0.389. The van der Waals surface area contributed by atoms with E-state index >= 15 is 0 Å². The summed E-state index contributed by atoms with van der Waals surface area (Å²) in [5.41, 5.74) is 0.927. The Balaban J connectivity index is 1.63. The first-order valence-electron chi connectivity index (χ1n) is 10.3. The number of hydrogen-bond acceptors (Lipinski definition) is 7. The molecule has 9 nitrogen and oxygen atoms in total. The summed E-state index contributed by atoms with van der Waals surface area (Å²) in [6, 6.07) is 10.5. The van der Waals surface area contributed by atoms with E-state index < -0.39 is 27.6 Å². The Kier molecular flexibility index (Phi) is 6.28. The summed E-state index contributed by atoms with van der Waals surface area (Å²) in [4.78, 5) is 11.9. The maximum atomic E-state index is 13.6. The van der Waals surface area contributed by atoms with E-state index in [0.717, 1.165) is 21.5 Å². The number of halogens is 3. The van der Waals surface area contributed by atoms with Crippen molar-refractivity contribution in [3.05, 3.63) is 66.1 Å². The molecule has 35 heavy (non-hydrogen) atoms. The van der Waals surface area contributed by atoms with Gasteiger partial charge in [0, 0.05) is 61.4 Å². The molecule has 0 radical (unpaired) electrons. The van der Waals surface area contributed by atoms with Crippen molar-refractivity contribution in [1.29, 1.82) is 0 Å². The minimum atomic E-state index is -4.70. The predicted molar refractivity (Wildman–Crippen MR) is 128 cm³/mol. The van der Waals surface area contributed by atoms with E-state index in [2.05, 4.69) is 25.6 Å². The van der Waals surface area contributed by atoms with Crippen molar-refractivity contribution in [2.24, 2.45) is 7.05 Å². The van der Waals surface area contributed by atoms with Gasteiger partial charge in [-0.25, -0.2) is 18.4 Å². The topological polar surface area (TPSA) is 105 Å². The highest BCUT2D eigenvalue weighted by Crippen LogP contribution is 2.34. The van der Waals surface area contributed by atoms with Gasteiger partial charge in [-0.05, 0) is 30.3 Å². The number of nitrogens with one attached hydrogen (secondary N) is 2. The predicted octanol–water partition coefficient (Wildman–Crippen LogP) is 4.13. The minimum Gasteiger partial charge on any atom is -0.365 e. The molecule has 184 valence electrons. The van der Waals surface area contributed by atoms with Crippen LogP contribution in [-0.4, -0.2) is 41.2 Å². The van der Waals surface area contributed by atoms with Gasteiger partial charge in [0.05, 0.1) is 6.26 Å². The van der Waals surface area contributed by atoms with Crippen molar-refractivity contribution >= 4 is 44.2 Å². The van der Waals surface area contributed by atoms with Gasteiger partial charge in [-0.2, -0.15) is 18.2 Å². The van der Waals surface area contributed by atoms with Crippen LogP contribution in [0, 0.1) is 0 Å². The zero-order valence-corrected chi connectivity index (χ0v) is 19.8. The lowest BCUT2D eigenvalue weighted by atomic mass is 10.2. The van der Waals surface area contributed by atoms with E-state index in [1.165, 1.54) is 13.2 Å². The maximum absolute atomic E-state index is 13.6. The molecule has 0 aliphatic carbocycles. The van der Waals surface area contributed by atoms with Crippen LogP contribution in [0.3, 0.4) is 0 Å². The second kappa shape index (κ2) is 9.06. The lowest BCUT2D eigenvalue weighted by Gasteiger charge is -2.20. The first-order chi connectivity index (χ1) is 16.4. The highest BCUT2D eigenvalue weighted by Gasteiger charge is 2.35. The molecule has 0 saturated heterocycles. The lowest BCUT2D eigenvalue weighted by Crippen LogP contribution is -2.27. The van der Waals surface area contributed by atoms with Crippen molar-refractivity contribution in [2.75, 3.05) is 28.2 Å². The zero-order chi connectivity index (χ0) is 25.4. The van der Waals surface area contributed by atoms with Crippen molar-refractivity contribution in [2.45, 2.75) is 12.7 Å². The molecule has 0 bridgehead atoms. The van der Waals surface area contributed by atoms with Crippen LogP contribution in [0.15, 0.2) is 55.0 Å². The molecule has 0 spiro atoms. The Morgan fingerprint density at radius 1 is 1.14 bits per heavy atom. The van der Waals surface area contributed by atoms with Gasteiger partial charge in [-0.1, -0.05) is 6.07 Å². The number of hydrogen-bond donors (Lipinski definition) is 2. The highest BCUT2D eigenvalue weighted by molar-refractivity contribution is 7.92. The number of aromatic nitrogens is 4. The summed E-state index contributed by atoms with van der Waals surface area (Å²) in [5, 5.41) is 6.55. The van der Waals surface area contributed by atoms with Gasteiger partial charge < -0.3 is 15.2 Å². The van der Waals surface area contributed by atoms with Gasteiger partial charge >= 0.3 is 6.18 Å². The summed E-state index contributed by atoms with van der Waals surface area (Å²) in [5.74, 6) is -0.386. The van der Waals surface area contributed by atoms with E-state index in [1.807, 2.05) is 36.0 Å². The van der Waals surface area contributed by atoms with Crippen LogP contribution in [-0.2, 0) is 29.8 Å². The normalized spacial score (nSPS) is 12.1. The Labute approximate surface area is 199 Å². The number of alkyl halides is 3. The molecule has 0 unspecified atom stereocenters. The minimum absolute atomic E-state index is 0.0320. The van der Waals surface area contributed by atoms with Gasteiger partial charge in [-0.15, -0.1) is 0 Å². The number of nitrogens with zero attached hydrogens (tertiary/aromatic N) is 5. The van der Waals surface area contributed by atoms with Gasteiger partial charge in [0.15, 0.2) is 0 Å². The second-order valence-electron chi connectivity index (χ2n) is 7.85. The molecule has 2 N–H and O–H groups in total. The Morgan fingerprint density at radius 2 is 1.91 bits per heavy atom. The van der Waals surface area contributed by atoms with Crippen LogP contribution in [0.25, 0.3) is 10.9 Å². The maximum Gasteiger partial charge on any atom is 0.421 e. The van der Waals surface area contributed by atoms with Crippen LogP contribution >= 0.6 is 0 Å². The number of aryl methyl sites for hydroxylation is 1. The molecule has 13 heteroatoms. The van der Waals surface area contributed by atoms with E-state index in [9.17, 15) is 21.6 Å². The number of sulfonamides is 1. The molecule has 4 aromatic rings. The summed E-state index contributed by atoms with van der Waals surface area (Å²) in [6.45, 7) is -0.154. The van der Waals surface area contributed by atoms with Crippen LogP contribution in [0.4, 0.5) is 36.4 Å². The Bertz CT molecular complexity index is 1490. The fourth-order valence-electron chi connectivity index (χ4n) is 3.46. The second-order valence-corrected chi connectivity index (χ2v) is 9.86. The largest absolute Gasteiger partial charge is 0.421 e. The van der Waals surface area contributed by atoms with Gasteiger partial charge in [0.25, 0.3) is 0 Å². The average molecular weight is 506 g/mol. The molecule has 0 fully saturated rings. The molecule has 0 atom stereocenters. The molecule has 4 rings (SSSR count). The zero-order valence-electron chi connectivity index (χ0n) is 19.0. The number of benzene rings is 1. The summed E-state index contributed by atoms with van der Waals surface area (Å²) in [7, 11) is -0.394. The molecule has 0 amide bonds. The van der Waals surface area contributed by atoms with Crippen LogP contribution in [0.2, 0.25) is 0 Å². The van der Waals surface area contributed by atoms with Crippen molar-refractivity contribution < 1.29 is 21.6 Å². The number of pyridine rings is 1. The van der Waals surface area contributed by atoms with E-state index in [-0.39, 0.29) is 18.3 Å². The van der Waals surface area contributed by atoms with Crippen LogP contribution in [0.5, 0.6) is 0 Å². The molecule has 0 aliphatic heterocycles. The standard InChI is InChI=1S/C22H22F3N7O2S/c1-31-10-8-14-11-16(6-7-18(14)31)29-21-28-13-17(22(23,24)25)19(30-21)27-12-15-5-4-9-26-20(15)32(2)35(3,33)34/h4-11,13H,12H2,1-3H3,(H2,27,28,29,30). The number of anilines is 4. The molecular formula is C22H22F3N7O2S. The third-order valence-electron chi connectivity index (χ3n) is 5.35. The first kappa shape index (κ1) is 24.3. The Morgan fingerprint density at radius 3 is 2.63 bits per heavy atom. The Hall–Kier alpha value is -3.87. The van der Waals surface area contributed by atoms with Gasteiger partial charge in [0.1, 0.15) is 17.2 Å². The van der Waals surface area contributed by atoms with E-state index in [4.69, 9.17) is 0 Å². The molecule has 1 aromatic carbocycles. The van der Waals surface area contributed by atoms with Gasteiger partial charge in [0.2, 0.25) is 16.0 Å². The summed E-state index contributed by atoms with van der Waals surface area (Å²) in [6.07, 6.45) is 0.309. The fraction of sp³-hybridized carbons (Fsp3) is 0.227. The lowest BCUT2D eigenvalue weighted by molar-refractivity contribution is -0.137. The van der Waals surface area contributed by atoms with E-state index in [0.29, 0.717) is 17.4 Å². The van der Waals surface area contributed by atoms with Gasteiger partial charge in [-0.3, -0.25) is 4.31 Å². The fourth-order valence-corrected chi connectivity index (χ4v) is 3.94. The SMILES string of the molecule is CN(c1ncccc1CNc1nc(Nc2ccc3c(ccn3C)c2)ncc1C(F)(F)F)S(C)(=O)=O. The van der Waals surface area contributed by atoms with Crippen molar-refractivity contribution in [3.63, 3.8) is 0 Å². The molecule has 3 heterocycles. The molecule has 3 aromatic heterocycles.